The minimum absolute atomic E-state index is 0.0133. The lowest BCUT2D eigenvalue weighted by atomic mass is 10.0. The van der Waals surface area contributed by atoms with E-state index < -0.39 is 0 Å². The predicted molar refractivity (Wildman–Crippen MR) is 68.8 cm³/mol. The molecule has 0 unspecified atom stereocenters. The highest BCUT2D eigenvalue weighted by Crippen LogP contribution is 2.20. The summed E-state index contributed by atoms with van der Waals surface area (Å²) >= 11 is 0. The van der Waals surface area contributed by atoms with Crippen LogP contribution in [0, 0.1) is 6.92 Å². The van der Waals surface area contributed by atoms with Gasteiger partial charge in [-0.25, -0.2) is 0 Å². The number of ether oxygens (including phenoxy) is 1. The fraction of sp³-hybridized carbons (Fsp3) is 0.500. The van der Waals surface area contributed by atoms with Crippen molar-refractivity contribution < 1.29 is 14.6 Å². The van der Waals surface area contributed by atoms with Crippen molar-refractivity contribution in [1.29, 1.82) is 0 Å². The number of aromatic hydroxyl groups is 1. The number of rotatable bonds is 2. The van der Waals surface area contributed by atoms with Gasteiger partial charge in [0.2, 0.25) is 0 Å². The Kier molecular flexibility index (Phi) is 3.87. The number of nitrogens with zero attached hydrogens (tertiary/aromatic N) is 1. The van der Waals surface area contributed by atoms with Gasteiger partial charge in [-0.05, 0) is 43.5 Å². The molecule has 0 bridgehead atoms. The highest BCUT2D eigenvalue weighted by atomic mass is 16.5. The van der Waals surface area contributed by atoms with Gasteiger partial charge in [0.15, 0.2) is 0 Å². The van der Waals surface area contributed by atoms with Crippen LogP contribution < -0.4 is 0 Å². The number of hydrogen-bond acceptors (Lipinski definition) is 3. The Hall–Kier alpha value is -1.55. The number of benzene rings is 1. The summed E-state index contributed by atoms with van der Waals surface area (Å²) in [5.74, 6) is 0.206. The Morgan fingerprint density at radius 1 is 1.39 bits per heavy atom. The molecule has 1 saturated heterocycles. The van der Waals surface area contributed by atoms with Gasteiger partial charge in [-0.2, -0.15) is 0 Å². The summed E-state index contributed by atoms with van der Waals surface area (Å²) in [4.78, 5) is 14.2. The molecule has 0 radical (unpaired) electrons. The summed E-state index contributed by atoms with van der Waals surface area (Å²) in [5, 5.41) is 9.37. The van der Waals surface area contributed by atoms with Crippen LogP contribution in [0.4, 0.5) is 0 Å². The maximum absolute atomic E-state index is 12.4. The summed E-state index contributed by atoms with van der Waals surface area (Å²) in [5.41, 5.74) is 1.46. The molecule has 98 valence electrons. The fourth-order valence-corrected chi connectivity index (χ4v) is 2.32. The number of carbonyl (C=O) groups is 1. The van der Waals surface area contributed by atoms with Crippen LogP contribution in [0.3, 0.4) is 0 Å². The fourth-order valence-electron chi connectivity index (χ4n) is 2.32. The van der Waals surface area contributed by atoms with Crippen molar-refractivity contribution >= 4 is 5.91 Å². The lowest BCUT2D eigenvalue weighted by Gasteiger charge is -2.31. The summed E-state index contributed by atoms with van der Waals surface area (Å²) in [6.45, 7) is 3.28. The number of phenolic OH excluding ortho intramolecular Hbond substituents is 1. The summed E-state index contributed by atoms with van der Waals surface area (Å²) in [7, 11) is 1.84. The monoisotopic (exact) mass is 249 g/mol. The van der Waals surface area contributed by atoms with E-state index in [1.165, 1.54) is 0 Å². The number of carbonyl (C=O) groups excluding carboxylic acids is 1. The van der Waals surface area contributed by atoms with Crippen molar-refractivity contribution in [2.45, 2.75) is 25.8 Å². The summed E-state index contributed by atoms with van der Waals surface area (Å²) < 4.78 is 5.30. The van der Waals surface area contributed by atoms with Crippen LogP contribution in [0.5, 0.6) is 5.75 Å². The van der Waals surface area contributed by atoms with Gasteiger partial charge in [0.1, 0.15) is 5.75 Å². The summed E-state index contributed by atoms with van der Waals surface area (Å²) in [6.07, 6.45) is 1.78. The van der Waals surface area contributed by atoms with Crippen LogP contribution in [0.1, 0.15) is 28.8 Å². The molecule has 0 aromatic heterocycles. The lowest BCUT2D eigenvalue weighted by Crippen LogP contribution is -2.40. The Balaban J connectivity index is 2.14. The third kappa shape index (κ3) is 2.64. The summed E-state index contributed by atoms with van der Waals surface area (Å²) in [6, 6.07) is 5.10. The first-order valence-electron chi connectivity index (χ1n) is 6.24. The van der Waals surface area contributed by atoms with Crippen LogP contribution in [0.25, 0.3) is 0 Å². The third-order valence-corrected chi connectivity index (χ3v) is 3.50. The van der Waals surface area contributed by atoms with Crippen molar-refractivity contribution in [3.8, 4) is 5.75 Å². The van der Waals surface area contributed by atoms with Gasteiger partial charge in [-0.15, -0.1) is 0 Å². The molecule has 0 spiro atoms. The number of hydrogen-bond donors (Lipinski definition) is 1. The second-order valence-electron chi connectivity index (χ2n) is 4.76. The molecule has 1 aromatic carbocycles. The second-order valence-corrected chi connectivity index (χ2v) is 4.76. The Bertz CT molecular complexity index is 439. The highest BCUT2D eigenvalue weighted by Gasteiger charge is 2.24. The number of amides is 1. The van der Waals surface area contributed by atoms with Crippen LogP contribution >= 0.6 is 0 Å². The molecule has 2 rings (SSSR count). The average molecular weight is 249 g/mol. The maximum Gasteiger partial charge on any atom is 0.254 e. The van der Waals surface area contributed by atoms with Crippen molar-refractivity contribution in [1.82, 2.24) is 4.90 Å². The average Bonchev–Trinajstić information content (AvgIpc) is 2.38. The van der Waals surface area contributed by atoms with Gasteiger partial charge in [0, 0.05) is 31.9 Å². The van der Waals surface area contributed by atoms with E-state index in [1.54, 1.807) is 23.1 Å². The zero-order chi connectivity index (χ0) is 13.1. The van der Waals surface area contributed by atoms with Crippen LogP contribution in [-0.2, 0) is 4.74 Å². The molecule has 4 nitrogen and oxygen atoms in total. The Morgan fingerprint density at radius 2 is 2.06 bits per heavy atom. The quantitative estimate of drug-likeness (QED) is 0.871. The molecule has 4 heteroatoms. The molecule has 0 atom stereocenters. The third-order valence-electron chi connectivity index (χ3n) is 3.50. The van der Waals surface area contributed by atoms with E-state index in [0.717, 1.165) is 31.6 Å². The highest BCUT2D eigenvalue weighted by molar-refractivity contribution is 5.95. The van der Waals surface area contributed by atoms with E-state index in [9.17, 15) is 9.90 Å². The van der Waals surface area contributed by atoms with Gasteiger partial charge < -0.3 is 14.7 Å². The molecule has 0 aliphatic carbocycles. The molecule has 1 aliphatic rings. The lowest BCUT2D eigenvalue weighted by molar-refractivity contribution is 0.0361. The van der Waals surface area contributed by atoms with Crippen LogP contribution in [-0.4, -0.2) is 42.2 Å². The van der Waals surface area contributed by atoms with Gasteiger partial charge in [0.05, 0.1) is 0 Å². The van der Waals surface area contributed by atoms with E-state index in [4.69, 9.17) is 4.74 Å². The zero-order valence-corrected chi connectivity index (χ0v) is 10.8. The minimum Gasteiger partial charge on any atom is -0.508 e. The standard InChI is InChI=1S/C14H19NO3/c1-10-9-12(16)3-4-13(10)14(17)15(2)11-5-7-18-8-6-11/h3-4,9,11,16H,5-8H2,1-2H3. The molecule has 1 aliphatic heterocycles. The van der Waals surface area contributed by atoms with Gasteiger partial charge >= 0.3 is 0 Å². The van der Waals surface area contributed by atoms with Crippen LogP contribution in [0.15, 0.2) is 18.2 Å². The smallest absolute Gasteiger partial charge is 0.254 e. The topological polar surface area (TPSA) is 49.8 Å². The Labute approximate surface area is 107 Å². The first kappa shape index (κ1) is 12.9. The second kappa shape index (κ2) is 5.40. The molecule has 1 N–H and O–H groups in total. The van der Waals surface area contributed by atoms with Crippen molar-refractivity contribution in [3.63, 3.8) is 0 Å². The maximum atomic E-state index is 12.4. The SMILES string of the molecule is Cc1cc(O)ccc1C(=O)N(C)C1CCOCC1. The first-order valence-corrected chi connectivity index (χ1v) is 6.24. The molecule has 1 aromatic rings. The molecule has 1 heterocycles. The van der Waals surface area contributed by atoms with E-state index in [1.807, 2.05) is 14.0 Å². The van der Waals surface area contributed by atoms with E-state index in [0.29, 0.717) is 5.56 Å². The van der Waals surface area contributed by atoms with Crippen molar-refractivity contribution in [3.05, 3.63) is 29.3 Å². The van der Waals surface area contributed by atoms with Gasteiger partial charge in [-0.1, -0.05) is 0 Å². The largest absolute Gasteiger partial charge is 0.508 e. The van der Waals surface area contributed by atoms with E-state index >= 15 is 0 Å². The molecule has 18 heavy (non-hydrogen) atoms. The molecular formula is C14H19NO3. The predicted octanol–water partition coefficient (Wildman–Crippen LogP) is 1.95. The molecule has 1 amide bonds. The van der Waals surface area contributed by atoms with Gasteiger partial charge in [0.25, 0.3) is 5.91 Å². The molecule has 0 saturated carbocycles. The minimum atomic E-state index is 0.0133. The number of phenols is 1. The zero-order valence-electron chi connectivity index (χ0n) is 10.8. The van der Waals surface area contributed by atoms with Gasteiger partial charge in [-0.3, -0.25) is 4.79 Å². The van der Waals surface area contributed by atoms with E-state index in [-0.39, 0.29) is 17.7 Å². The molecule has 1 fully saturated rings. The van der Waals surface area contributed by atoms with Crippen LogP contribution in [0.2, 0.25) is 0 Å². The Morgan fingerprint density at radius 3 is 2.67 bits per heavy atom. The van der Waals surface area contributed by atoms with Crippen molar-refractivity contribution in [2.75, 3.05) is 20.3 Å². The van der Waals surface area contributed by atoms with Crippen molar-refractivity contribution in [2.24, 2.45) is 0 Å². The normalized spacial score (nSPS) is 16.6. The molecular weight excluding hydrogens is 230 g/mol. The van der Waals surface area contributed by atoms with E-state index in [2.05, 4.69) is 0 Å². The first-order chi connectivity index (χ1) is 8.59. The number of aryl methyl sites for hydroxylation is 1.